The largest absolute Gasteiger partial charge is 0.341 e. The minimum Gasteiger partial charge on any atom is -0.341 e. The van der Waals surface area contributed by atoms with Crippen molar-refractivity contribution < 1.29 is 4.39 Å². The van der Waals surface area contributed by atoms with Gasteiger partial charge < -0.3 is 4.98 Å². The Bertz CT molecular complexity index is 479. The maximum Gasteiger partial charge on any atom is 0.137 e. The SMILES string of the molecule is Cc1cc(F)ccc1-c1ncc(CCl)[nH]1. The minimum absolute atomic E-state index is 0.236. The average molecular weight is 225 g/mol. The van der Waals surface area contributed by atoms with Gasteiger partial charge in [0.05, 0.1) is 5.88 Å². The zero-order valence-electron chi connectivity index (χ0n) is 8.22. The highest BCUT2D eigenvalue weighted by molar-refractivity contribution is 6.16. The second kappa shape index (κ2) is 4.03. The highest BCUT2D eigenvalue weighted by atomic mass is 35.5. The summed E-state index contributed by atoms with van der Waals surface area (Å²) in [6.07, 6.45) is 1.69. The van der Waals surface area contributed by atoms with Gasteiger partial charge in [-0.1, -0.05) is 0 Å². The van der Waals surface area contributed by atoms with Crippen molar-refractivity contribution in [3.8, 4) is 11.4 Å². The zero-order chi connectivity index (χ0) is 10.8. The molecular weight excluding hydrogens is 215 g/mol. The minimum atomic E-state index is -0.236. The van der Waals surface area contributed by atoms with Gasteiger partial charge in [-0.15, -0.1) is 11.6 Å². The van der Waals surface area contributed by atoms with Crippen molar-refractivity contribution in [2.75, 3.05) is 0 Å². The highest BCUT2D eigenvalue weighted by Crippen LogP contribution is 2.21. The molecule has 0 aliphatic rings. The van der Waals surface area contributed by atoms with Crippen molar-refractivity contribution in [1.29, 1.82) is 0 Å². The van der Waals surface area contributed by atoms with Gasteiger partial charge >= 0.3 is 0 Å². The summed E-state index contributed by atoms with van der Waals surface area (Å²) in [6.45, 7) is 1.85. The number of aryl methyl sites for hydroxylation is 1. The molecule has 0 fully saturated rings. The number of halogens is 2. The standard InChI is InChI=1S/C11H10ClFN2/c1-7-4-8(13)2-3-10(7)11-14-6-9(5-12)15-11/h2-4,6H,5H2,1H3,(H,14,15). The first kappa shape index (κ1) is 10.2. The van der Waals surface area contributed by atoms with E-state index in [0.717, 1.165) is 22.6 Å². The van der Waals surface area contributed by atoms with E-state index in [1.165, 1.54) is 12.1 Å². The maximum absolute atomic E-state index is 12.9. The van der Waals surface area contributed by atoms with E-state index in [-0.39, 0.29) is 5.82 Å². The third-order valence-electron chi connectivity index (χ3n) is 2.22. The first-order valence-electron chi connectivity index (χ1n) is 4.57. The Hall–Kier alpha value is -1.35. The lowest BCUT2D eigenvalue weighted by Gasteiger charge is -2.01. The van der Waals surface area contributed by atoms with E-state index in [1.54, 1.807) is 12.3 Å². The van der Waals surface area contributed by atoms with Crippen LogP contribution in [0.4, 0.5) is 4.39 Å². The molecule has 1 aromatic carbocycles. The van der Waals surface area contributed by atoms with Crippen molar-refractivity contribution in [2.45, 2.75) is 12.8 Å². The summed E-state index contributed by atoms with van der Waals surface area (Å²) in [5, 5.41) is 0. The van der Waals surface area contributed by atoms with Crippen LogP contribution in [0, 0.1) is 12.7 Å². The first-order chi connectivity index (χ1) is 7.20. The lowest BCUT2D eigenvalue weighted by molar-refractivity contribution is 0.627. The van der Waals surface area contributed by atoms with Crippen molar-refractivity contribution >= 4 is 11.6 Å². The van der Waals surface area contributed by atoms with Crippen molar-refractivity contribution in [3.05, 3.63) is 41.5 Å². The molecule has 2 rings (SSSR count). The van der Waals surface area contributed by atoms with Crippen LogP contribution in [0.3, 0.4) is 0 Å². The van der Waals surface area contributed by atoms with Crippen molar-refractivity contribution in [3.63, 3.8) is 0 Å². The van der Waals surface area contributed by atoms with Gasteiger partial charge in [0.15, 0.2) is 0 Å². The molecule has 0 unspecified atom stereocenters. The Morgan fingerprint density at radius 3 is 2.87 bits per heavy atom. The number of hydrogen-bond acceptors (Lipinski definition) is 1. The fraction of sp³-hybridized carbons (Fsp3) is 0.182. The van der Waals surface area contributed by atoms with E-state index in [4.69, 9.17) is 11.6 Å². The number of alkyl halides is 1. The number of hydrogen-bond donors (Lipinski definition) is 1. The van der Waals surface area contributed by atoms with E-state index >= 15 is 0 Å². The number of aromatic amines is 1. The summed E-state index contributed by atoms with van der Waals surface area (Å²) in [5.41, 5.74) is 2.61. The van der Waals surface area contributed by atoms with Gasteiger partial charge in [0.1, 0.15) is 11.6 Å². The number of nitrogens with zero attached hydrogens (tertiary/aromatic N) is 1. The number of benzene rings is 1. The van der Waals surface area contributed by atoms with Crippen molar-refractivity contribution in [1.82, 2.24) is 9.97 Å². The third-order valence-corrected chi connectivity index (χ3v) is 2.50. The summed E-state index contributed by atoms with van der Waals surface area (Å²) in [7, 11) is 0. The molecule has 0 saturated heterocycles. The molecule has 2 nitrogen and oxygen atoms in total. The van der Waals surface area contributed by atoms with E-state index in [2.05, 4.69) is 9.97 Å². The van der Waals surface area contributed by atoms with Gasteiger partial charge in [0.25, 0.3) is 0 Å². The normalized spacial score (nSPS) is 10.6. The molecule has 1 aromatic heterocycles. The maximum atomic E-state index is 12.9. The fourth-order valence-corrected chi connectivity index (χ4v) is 1.59. The summed E-state index contributed by atoms with van der Waals surface area (Å²) in [4.78, 5) is 7.26. The molecule has 0 aliphatic carbocycles. The molecule has 0 amide bonds. The number of H-pyrrole nitrogens is 1. The molecule has 0 saturated carbocycles. The lowest BCUT2D eigenvalue weighted by atomic mass is 10.1. The Balaban J connectivity index is 2.44. The van der Waals surface area contributed by atoms with Crippen LogP contribution in [0.5, 0.6) is 0 Å². The molecular formula is C11H10ClFN2. The fourth-order valence-electron chi connectivity index (χ4n) is 1.46. The highest BCUT2D eigenvalue weighted by Gasteiger charge is 2.06. The molecule has 78 valence electrons. The molecule has 4 heteroatoms. The van der Waals surface area contributed by atoms with Crippen LogP contribution in [0.25, 0.3) is 11.4 Å². The Morgan fingerprint density at radius 2 is 2.27 bits per heavy atom. The topological polar surface area (TPSA) is 28.7 Å². The van der Waals surface area contributed by atoms with Crippen LogP contribution in [0.2, 0.25) is 0 Å². The number of imidazole rings is 1. The second-order valence-corrected chi connectivity index (χ2v) is 3.62. The molecule has 15 heavy (non-hydrogen) atoms. The average Bonchev–Trinajstić information content (AvgIpc) is 2.66. The molecule has 2 aromatic rings. The summed E-state index contributed by atoms with van der Waals surface area (Å²) >= 11 is 5.66. The van der Waals surface area contributed by atoms with Crippen LogP contribution in [-0.4, -0.2) is 9.97 Å². The van der Waals surface area contributed by atoms with Crippen LogP contribution in [0.1, 0.15) is 11.3 Å². The summed E-state index contributed by atoms with van der Waals surface area (Å²) in [6, 6.07) is 4.62. The van der Waals surface area contributed by atoms with Crippen LogP contribution in [-0.2, 0) is 5.88 Å². The van der Waals surface area contributed by atoms with Crippen LogP contribution in [0.15, 0.2) is 24.4 Å². The smallest absolute Gasteiger partial charge is 0.137 e. The number of rotatable bonds is 2. The third kappa shape index (κ3) is 2.02. The van der Waals surface area contributed by atoms with Gasteiger partial charge in [-0.2, -0.15) is 0 Å². The van der Waals surface area contributed by atoms with E-state index in [9.17, 15) is 4.39 Å². The molecule has 1 N–H and O–H groups in total. The van der Waals surface area contributed by atoms with Crippen molar-refractivity contribution in [2.24, 2.45) is 0 Å². The van der Waals surface area contributed by atoms with E-state index in [0.29, 0.717) is 5.88 Å². The quantitative estimate of drug-likeness (QED) is 0.780. The summed E-state index contributed by atoms with van der Waals surface area (Å²) < 4.78 is 12.9. The van der Waals surface area contributed by atoms with Gasteiger partial charge in [-0.25, -0.2) is 9.37 Å². The van der Waals surface area contributed by atoms with Gasteiger partial charge in [0, 0.05) is 17.5 Å². The number of nitrogens with one attached hydrogen (secondary N) is 1. The second-order valence-electron chi connectivity index (χ2n) is 3.35. The van der Waals surface area contributed by atoms with Gasteiger partial charge in [-0.3, -0.25) is 0 Å². The Morgan fingerprint density at radius 1 is 1.47 bits per heavy atom. The Labute approximate surface area is 92.1 Å². The molecule has 1 heterocycles. The molecule has 0 spiro atoms. The zero-order valence-corrected chi connectivity index (χ0v) is 8.98. The molecule has 0 atom stereocenters. The van der Waals surface area contributed by atoms with E-state index in [1.807, 2.05) is 6.92 Å². The van der Waals surface area contributed by atoms with E-state index < -0.39 is 0 Å². The van der Waals surface area contributed by atoms with Crippen LogP contribution >= 0.6 is 11.6 Å². The van der Waals surface area contributed by atoms with Crippen LogP contribution < -0.4 is 0 Å². The number of aromatic nitrogens is 2. The monoisotopic (exact) mass is 224 g/mol. The predicted molar refractivity (Wildman–Crippen MR) is 58.3 cm³/mol. The van der Waals surface area contributed by atoms with Gasteiger partial charge in [0.2, 0.25) is 0 Å². The molecule has 0 radical (unpaired) electrons. The molecule has 0 aliphatic heterocycles. The Kier molecular flexibility index (Phi) is 2.73. The summed E-state index contributed by atoms with van der Waals surface area (Å²) in [5.74, 6) is 0.885. The lowest BCUT2D eigenvalue weighted by Crippen LogP contribution is -1.87. The predicted octanol–water partition coefficient (Wildman–Crippen LogP) is 3.26. The first-order valence-corrected chi connectivity index (χ1v) is 5.10. The van der Waals surface area contributed by atoms with Gasteiger partial charge in [-0.05, 0) is 30.7 Å². The molecule has 0 bridgehead atoms.